The summed E-state index contributed by atoms with van der Waals surface area (Å²) >= 11 is 0. The molecule has 0 saturated carbocycles. The highest BCUT2D eigenvalue weighted by Crippen LogP contribution is 2.28. The first-order chi connectivity index (χ1) is 9.67. The number of pyridine rings is 1. The van der Waals surface area contributed by atoms with Crippen LogP contribution in [0.5, 0.6) is 0 Å². The van der Waals surface area contributed by atoms with Crippen molar-refractivity contribution in [3.8, 4) is 11.5 Å². The number of imidazole rings is 1. The SMILES string of the molecule is CCCNc1ccc([N+](=O)[O-])c(-c2nccn2CC)n1. The molecule has 0 unspecified atom stereocenters. The van der Waals surface area contributed by atoms with Gasteiger partial charge >= 0.3 is 0 Å². The largest absolute Gasteiger partial charge is 0.370 e. The van der Waals surface area contributed by atoms with Gasteiger partial charge in [-0.25, -0.2) is 9.97 Å². The van der Waals surface area contributed by atoms with Gasteiger partial charge < -0.3 is 9.88 Å². The van der Waals surface area contributed by atoms with Crippen LogP contribution in [0.3, 0.4) is 0 Å². The van der Waals surface area contributed by atoms with Crippen LogP contribution in [-0.4, -0.2) is 26.0 Å². The van der Waals surface area contributed by atoms with Gasteiger partial charge in [-0.05, 0) is 19.4 Å². The molecule has 0 fully saturated rings. The van der Waals surface area contributed by atoms with Gasteiger partial charge in [0.15, 0.2) is 11.5 Å². The quantitative estimate of drug-likeness (QED) is 0.647. The highest BCUT2D eigenvalue weighted by atomic mass is 16.6. The Balaban J connectivity index is 2.49. The van der Waals surface area contributed by atoms with Gasteiger partial charge in [-0.2, -0.15) is 0 Å². The normalized spacial score (nSPS) is 10.5. The minimum absolute atomic E-state index is 0.0343. The van der Waals surface area contributed by atoms with Crippen molar-refractivity contribution in [3.05, 3.63) is 34.6 Å². The van der Waals surface area contributed by atoms with E-state index < -0.39 is 4.92 Å². The third-order valence-corrected chi connectivity index (χ3v) is 2.89. The van der Waals surface area contributed by atoms with E-state index >= 15 is 0 Å². The summed E-state index contributed by atoms with van der Waals surface area (Å²) in [5, 5.41) is 14.3. The minimum atomic E-state index is -0.430. The summed E-state index contributed by atoms with van der Waals surface area (Å²) in [5.74, 6) is 1.14. The molecule has 20 heavy (non-hydrogen) atoms. The van der Waals surface area contributed by atoms with E-state index in [1.54, 1.807) is 18.5 Å². The van der Waals surface area contributed by atoms with Crippen molar-refractivity contribution in [2.24, 2.45) is 0 Å². The predicted molar refractivity (Wildman–Crippen MR) is 76.6 cm³/mol. The number of nitrogens with zero attached hydrogens (tertiary/aromatic N) is 4. The fourth-order valence-corrected chi connectivity index (χ4v) is 1.90. The molecule has 0 aromatic carbocycles. The van der Waals surface area contributed by atoms with E-state index in [0.717, 1.165) is 13.0 Å². The first-order valence-corrected chi connectivity index (χ1v) is 6.58. The molecule has 2 heterocycles. The lowest BCUT2D eigenvalue weighted by Crippen LogP contribution is -2.06. The number of hydrogen-bond donors (Lipinski definition) is 1. The van der Waals surface area contributed by atoms with Crippen LogP contribution in [0.4, 0.5) is 11.5 Å². The third kappa shape index (κ3) is 2.76. The maximum absolute atomic E-state index is 11.2. The Morgan fingerprint density at radius 1 is 1.40 bits per heavy atom. The molecule has 2 aromatic rings. The Morgan fingerprint density at radius 3 is 2.85 bits per heavy atom. The zero-order valence-electron chi connectivity index (χ0n) is 11.5. The summed E-state index contributed by atoms with van der Waals surface area (Å²) in [6.07, 6.45) is 4.36. The number of aryl methyl sites for hydroxylation is 1. The summed E-state index contributed by atoms with van der Waals surface area (Å²) in [6, 6.07) is 3.09. The highest BCUT2D eigenvalue weighted by Gasteiger charge is 2.21. The second-order valence-electron chi connectivity index (χ2n) is 4.28. The van der Waals surface area contributed by atoms with Crippen molar-refractivity contribution >= 4 is 11.5 Å². The topological polar surface area (TPSA) is 85.9 Å². The van der Waals surface area contributed by atoms with Gasteiger partial charge in [0.1, 0.15) is 5.82 Å². The second-order valence-corrected chi connectivity index (χ2v) is 4.28. The third-order valence-electron chi connectivity index (χ3n) is 2.89. The summed E-state index contributed by atoms with van der Waals surface area (Å²) < 4.78 is 1.83. The molecule has 2 aromatic heterocycles. The summed E-state index contributed by atoms with van der Waals surface area (Å²) in [5.41, 5.74) is 0.260. The number of nitrogens with one attached hydrogen (secondary N) is 1. The van der Waals surface area contributed by atoms with Crippen molar-refractivity contribution in [1.82, 2.24) is 14.5 Å². The van der Waals surface area contributed by atoms with E-state index in [1.807, 2.05) is 18.4 Å². The Morgan fingerprint density at radius 2 is 2.20 bits per heavy atom. The molecule has 1 N–H and O–H groups in total. The van der Waals surface area contributed by atoms with Gasteiger partial charge in [0, 0.05) is 31.5 Å². The average molecular weight is 275 g/mol. The van der Waals surface area contributed by atoms with Crippen LogP contribution >= 0.6 is 0 Å². The number of nitro groups is 1. The van der Waals surface area contributed by atoms with E-state index in [2.05, 4.69) is 15.3 Å². The molecule has 106 valence electrons. The van der Waals surface area contributed by atoms with Crippen LogP contribution in [0, 0.1) is 10.1 Å². The molecule has 0 atom stereocenters. The average Bonchev–Trinajstić information content (AvgIpc) is 2.92. The molecule has 0 saturated heterocycles. The van der Waals surface area contributed by atoms with Crippen molar-refractivity contribution in [2.75, 3.05) is 11.9 Å². The van der Waals surface area contributed by atoms with Gasteiger partial charge in [-0.3, -0.25) is 10.1 Å². The molecule has 0 aliphatic heterocycles. The van der Waals surface area contributed by atoms with Crippen LogP contribution < -0.4 is 5.32 Å². The molecule has 2 rings (SSSR count). The maximum atomic E-state index is 11.2. The molecule has 0 radical (unpaired) electrons. The number of aromatic nitrogens is 3. The Hall–Kier alpha value is -2.44. The van der Waals surface area contributed by atoms with Gasteiger partial charge in [0.05, 0.1) is 4.92 Å². The maximum Gasteiger partial charge on any atom is 0.298 e. The van der Waals surface area contributed by atoms with Gasteiger partial charge in [-0.1, -0.05) is 6.92 Å². The Labute approximate surface area is 116 Å². The molecular weight excluding hydrogens is 258 g/mol. The molecular formula is C13H17N5O2. The molecule has 0 aliphatic carbocycles. The van der Waals surface area contributed by atoms with Crippen LogP contribution in [0.25, 0.3) is 11.5 Å². The van der Waals surface area contributed by atoms with Crippen molar-refractivity contribution in [2.45, 2.75) is 26.8 Å². The first-order valence-electron chi connectivity index (χ1n) is 6.58. The number of rotatable bonds is 6. The smallest absolute Gasteiger partial charge is 0.298 e. The van der Waals surface area contributed by atoms with Crippen LogP contribution in [-0.2, 0) is 6.54 Å². The molecule has 0 amide bonds. The van der Waals surface area contributed by atoms with E-state index in [0.29, 0.717) is 23.9 Å². The molecule has 7 heteroatoms. The Kier molecular flexibility index (Phi) is 4.29. The van der Waals surface area contributed by atoms with E-state index in [-0.39, 0.29) is 5.69 Å². The molecule has 0 bridgehead atoms. The van der Waals surface area contributed by atoms with Crippen molar-refractivity contribution in [3.63, 3.8) is 0 Å². The summed E-state index contributed by atoms with van der Waals surface area (Å²) in [6.45, 7) is 5.45. The zero-order chi connectivity index (χ0) is 14.5. The summed E-state index contributed by atoms with van der Waals surface area (Å²) in [7, 11) is 0. The van der Waals surface area contributed by atoms with Gasteiger partial charge in [-0.15, -0.1) is 0 Å². The standard InChI is InChI=1S/C13H17N5O2/c1-3-7-14-11-6-5-10(18(19)20)12(16-11)13-15-8-9-17(13)4-2/h5-6,8-9H,3-4,7H2,1-2H3,(H,14,16). The fraction of sp³-hybridized carbons (Fsp3) is 0.385. The lowest BCUT2D eigenvalue weighted by molar-refractivity contribution is -0.384. The number of hydrogen-bond acceptors (Lipinski definition) is 5. The molecule has 0 aliphatic rings. The van der Waals surface area contributed by atoms with E-state index in [9.17, 15) is 10.1 Å². The van der Waals surface area contributed by atoms with E-state index in [1.165, 1.54) is 6.07 Å². The monoisotopic (exact) mass is 275 g/mol. The summed E-state index contributed by atoms with van der Waals surface area (Å²) in [4.78, 5) is 19.3. The fourth-order valence-electron chi connectivity index (χ4n) is 1.90. The highest BCUT2D eigenvalue weighted by molar-refractivity contribution is 5.66. The number of anilines is 1. The van der Waals surface area contributed by atoms with Crippen molar-refractivity contribution in [1.29, 1.82) is 0 Å². The van der Waals surface area contributed by atoms with Gasteiger partial charge in [0.2, 0.25) is 0 Å². The molecule has 7 nitrogen and oxygen atoms in total. The lowest BCUT2D eigenvalue weighted by Gasteiger charge is -2.08. The van der Waals surface area contributed by atoms with Gasteiger partial charge in [0.25, 0.3) is 5.69 Å². The first kappa shape index (κ1) is 14.0. The Bertz CT molecular complexity index is 609. The van der Waals surface area contributed by atoms with Crippen molar-refractivity contribution < 1.29 is 4.92 Å². The minimum Gasteiger partial charge on any atom is -0.370 e. The predicted octanol–water partition coefficient (Wildman–Crippen LogP) is 2.70. The lowest BCUT2D eigenvalue weighted by atomic mass is 10.2. The zero-order valence-corrected chi connectivity index (χ0v) is 11.5. The van der Waals surface area contributed by atoms with Crippen LogP contribution in [0.1, 0.15) is 20.3 Å². The van der Waals surface area contributed by atoms with E-state index in [4.69, 9.17) is 0 Å². The van der Waals surface area contributed by atoms with Crippen LogP contribution in [0.2, 0.25) is 0 Å². The molecule has 0 spiro atoms. The second kappa shape index (κ2) is 6.14. The van der Waals surface area contributed by atoms with Crippen LogP contribution in [0.15, 0.2) is 24.5 Å².